The van der Waals surface area contributed by atoms with Crippen molar-refractivity contribution in [1.29, 1.82) is 0 Å². The quantitative estimate of drug-likeness (QED) is 0.389. The minimum absolute atomic E-state index is 0.210. The van der Waals surface area contributed by atoms with Crippen molar-refractivity contribution in [1.82, 2.24) is 0 Å². The van der Waals surface area contributed by atoms with E-state index in [1.54, 1.807) is 6.92 Å². The molecule has 5 N–H and O–H groups in total. The predicted molar refractivity (Wildman–Crippen MR) is 37.4 cm³/mol. The lowest BCUT2D eigenvalue weighted by atomic mass is 10.1. The zero-order valence-electron chi connectivity index (χ0n) is 6.07. The van der Waals surface area contributed by atoms with E-state index in [0.717, 1.165) is 0 Å². The molecule has 4 heteroatoms. The average molecular weight is 149 g/mol. The molecule has 4 nitrogen and oxygen atoms in total. The molecule has 3 atom stereocenters. The molecule has 0 aliphatic rings. The van der Waals surface area contributed by atoms with Crippen LogP contribution >= 0.6 is 0 Å². The van der Waals surface area contributed by atoms with Crippen LogP contribution in [0.15, 0.2) is 0 Å². The van der Waals surface area contributed by atoms with Crippen LogP contribution in [0.2, 0.25) is 0 Å². The summed E-state index contributed by atoms with van der Waals surface area (Å²) in [6.07, 6.45) is -1.18. The second-order valence-corrected chi connectivity index (χ2v) is 2.50. The van der Waals surface area contributed by atoms with Gasteiger partial charge in [0.15, 0.2) is 0 Å². The Morgan fingerprint density at radius 3 is 2.20 bits per heavy atom. The topological polar surface area (TPSA) is 86.7 Å². The Hall–Kier alpha value is -0.160. The molecule has 0 saturated heterocycles. The van der Waals surface area contributed by atoms with Crippen molar-refractivity contribution in [2.75, 3.05) is 6.61 Å². The Labute approximate surface area is 60.3 Å². The van der Waals surface area contributed by atoms with E-state index in [-0.39, 0.29) is 13.0 Å². The van der Waals surface area contributed by atoms with Gasteiger partial charge in [0, 0.05) is 6.42 Å². The lowest BCUT2D eigenvalue weighted by Gasteiger charge is -2.17. The Bertz CT molecular complexity index is 87.1. The van der Waals surface area contributed by atoms with Crippen molar-refractivity contribution in [3.8, 4) is 0 Å². The molecular weight excluding hydrogens is 134 g/mol. The largest absolute Gasteiger partial charge is 0.395 e. The van der Waals surface area contributed by atoms with Gasteiger partial charge in [0.1, 0.15) is 0 Å². The van der Waals surface area contributed by atoms with E-state index in [9.17, 15) is 0 Å². The molecule has 0 heterocycles. The van der Waals surface area contributed by atoms with Crippen LogP contribution in [0.1, 0.15) is 13.3 Å². The van der Waals surface area contributed by atoms with E-state index in [4.69, 9.17) is 21.1 Å². The third kappa shape index (κ3) is 3.79. The van der Waals surface area contributed by atoms with E-state index in [0.29, 0.717) is 0 Å². The fourth-order valence-electron chi connectivity index (χ4n) is 0.646. The van der Waals surface area contributed by atoms with Gasteiger partial charge < -0.3 is 21.1 Å². The van der Waals surface area contributed by atoms with Crippen molar-refractivity contribution < 1.29 is 15.3 Å². The summed E-state index contributed by atoms with van der Waals surface area (Å²) in [5, 5.41) is 26.3. The number of hydrogen-bond donors (Lipinski definition) is 4. The summed E-state index contributed by atoms with van der Waals surface area (Å²) in [7, 11) is 0. The highest BCUT2D eigenvalue weighted by Gasteiger charge is 2.15. The summed E-state index contributed by atoms with van der Waals surface area (Å²) in [5.41, 5.74) is 5.25. The number of hydrogen-bond acceptors (Lipinski definition) is 4. The Morgan fingerprint density at radius 2 is 1.90 bits per heavy atom. The molecule has 0 aliphatic heterocycles. The second-order valence-electron chi connectivity index (χ2n) is 2.50. The maximum atomic E-state index is 9.04. The average Bonchev–Trinajstić information content (AvgIpc) is 1.85. The maximum Gasteiger partial charge on any atom is 0.0738 e. The standard InChI is InChI=1S/C6H15NO3/c1-4(9)2-6(10)5(7)3-8/h4-6,8-10H,2-3,7H2,1H3. The molecule has 0 saturated carbocycles. The fraction of sp³-hybridized carbons (Fsp3) is 1.00. The predicted octanol–water partition coefficient (Wildman–Crippen LogP) is -1.56. The van der Waals surface area contributed by atoms with Gasteiger partial charge in [-0.3, -0.25) is 0 Å². The molecule has 0 bridgehead atoms. The highest BCUT2D eigenvalue weighted by Crippen LogP contribution is 1.99. The molecule has 0 amide bonds. The molecule has 0 rings (SSSR count). The van der Waals surface area contributed by atoms with E-state index < -0.39 is 18.2 Å². The van der Waals surface area contributed by atoms with Gasteiger partial charge in [-0.05, 0) is 6.92 Å². The van der Waals surface area contributed by atoms with Crippen LogP contribution in [-0.2, 0) is 0 Å². The summed E-state index contributed by atoms with van der Waals surface area (Å²) in [6, 6.07) is -0.644. The maximum absolute atomic E-state index is 9.04. The first-order valence-corrected chi connectivity index (χ1v) is 3.30. The van der Waals surface area contributed by atoms with Crippen LogP contribution in [0.25, 0.3) is 0 Å². The zero-order chi connectivity index (χ0) is 8.15. The summed E-state index contributed by atoms with van der Waals surface area (Å²) in [4.78, 5) is 0. The van der Waals surface area contributed by atoms with Gasteiger partial charge in [-0.1, -0.05) is 0 Å². The van der Waals surface area contributed by atoms with Crippen LogP contribution in [-0.4, -0.2) is 40.2 Å². The lowest BCUT2D eigenvalue weighted by Crippen LogP contribution is -2.39. The number of nitrogens with two attached hydrogens (primary N) is 1. The van der Waals surface area contributed by atoms with Gasteiger partial charge in [0.2, 0.25) is 0 Å². The number of aliphatic hydroxyl groups excluding tert-OH is 3. The minimum atomic E-state index is -0.815. The molecule has 0 radical (unpaired) electrons. The first-order chi connectivity index (χ1) is 4.57. The fourth-order valence-corrected chi connectivity index (χ4v) is 0.646. The SMILES string of the molecule is CC(O)CC(O)C(N)CO. The minimum Gasteiger partial charge on any atom is -0.395 e. The van der Waals surface area contributed by atoms with Crippen LogP contribution in [0.5, 0.6) is 0 Å². The second kappa shape index (κ2) is 4.62. The van der Waals surface area contributed by atoms with Gasteiger partial charge in [-0.15, -0.1) is 0 Å². The first kappa shape index (κ1) is 9.84. The van der Waals surface area contributed by atoms with Gasteiger partial charge in [0.05, 0.1) is 24.9 Å². The van der Waals surface area contributed by atoms with Crippen molar-refractivity contribution in [2.45, 2.75) is 31.6 Å². The van der Waals surface area contributed by atoms with E-state index in [2.05, 4.69) is 0 Å². The van der Waals surface area contributed by atoms with Crippen LogP contribution in [0.3, 0.4) is 0 Å². The number of aliphatic hydroxyl groups is 3. The molecule has 0 aromatic carbocycles. The Balaban J connectivity index is 3.50. The van der Waals surface area contributed by atoms with Gasteiger partial charge in [0.25, 0.3) is 0 Å². The molecule has 10 heavy (non-hydrogen) atoms. The molecule has 3 unspecified atom stereocenters. The molecule has 0 aromatic rings. The van der Waals surface area contributed by atoms with Gasteiger partial charge in [-0.2, -0.15) is 0 Å². The highest BCUT2D eigenvalue weighted by molar-refractivity contribution is 4.71. The summed E-state index contributed by atoms with van der Waals surface area (Å²) in [6.45, 7) is 1.31. The van der Waals surface area contributed by atoms with Crippen molar-refractivity contribution in [2.24, 2.45) is 5.73 Å². The first-order valence-electron chi connectivity index (χ1n) is 3.30. The normalized spacial score (nSPS) is 20.1. The molecule has 62 valence electrons. The van der Waals surface area contributed by atoms with Crippen LogP contribution < -0.4 is 5.73 Å². The van der Waals surface area contributed by atoms with Gasteiger partial charge in [-0.25, -0.2) is 0 Å². The summed E-state index contributed by atoms with van der Waals surface area (Å²) < 4.78 is 0. The van der Waals surface area contributed by atoms with Crippen molar-refractivity contribution in [3.63, 3.8) is 0 Å². The van der Waals surface area contributed by atoms with E-state index in [1.165, 1.54) is 0 Å². The summed E-state index contributed by atoms with van der Waals surface area (Å²) >= 11 is 0. The van der Waals surface area contributed by atoms with Crippen molar-refractivity contribution >= 4 is 0 Å². The monoisotopic (exact) mass is 149 g/mol. The van der Waals surface area contributed by atoms with E-state index >= 15 is 0 Å². The zero-order valence-corrected chi connectivity index (χ0v) is 6.07. The third-order valence-electron chi connectivity index (χ3n) is 1.29. The van der Waals surface area contributed by atoms with Crippen LogP contribution in [0, 0.1) is 0 Å². The number of rotatable bonds is 4. The smallest absolute Gasteiger partial charge is 0.0738 e. The van der Waals surface area contributed by atoms with Crippen molar-refractivity contribution in [3.05, 3.63) is 0 Å². The summed E-state index contributed by atoms with van der Waals surface area (Å²) in [5.74, 6) is 0. The Kier molecular flexibility index (Phi) is 4.55. The molecule has 0 fully saturated rings. The van der Waals surface area contributed by atoms with E-state index in [1.807, 2.05) is 0 Å². The Morgan fingerprint density at radius 1 is 1.40 bits per heavy atom. The molecular formula is C6H15NO3. The highest BCUT2D eigenvalue weighted by atomic mass is 16.3. The third-order valence-corrected chi connectivity index (χ3v) is 1.29. The van der Waals surface area contributed by atoms with Gasteiger partial charge >= 0.3 is 0 Å². The lowest BCUT2D eigenvalue weighted by molar-refractivity contribution is 0.0571. The molecule has 0 aromatic heterocycles. The molecule has 0 aliphatic carbocycles. The molecule has 0 spiro atoms. The van der Waals surface area contributed by atoms with Crippen LogP contribution in [0.4, 0.5) is 0 Å².